The molecule has 0 unspecified atom stereocenters. The van der Waals surface area contributed by atoms with Crippen molar-refractivity contribution in [3.05, 3.63) is 29.3 Å². The van der Waals surface area contributed by atoms with Crippen LogP contribution in [0.4, 0.5) is 0 Å². The van der Waals surface area contributed by atoms with Gasteiger partial charge in [-0.1, -0.05) is 38.2 Å². The number of aryl methyl sites for hydroxylation is 1. The minimum absolute atomic E-state index is 0.119. The van der Waals surface area contributed by atoms with E-state index in [4.69, 9.17) is 4.74 Å². The van der Waals surface area contributed by atoms with Gasteiger partial charge in [-0.2, -0.15) is 4.31 Å². The van der Waals surface area contributed by atoms with Crippen LogP contribution >= 0.6 is 0 Å². The van der Waals surface area contributed by atoms with Crippen molar-refractivity contribution in [1.29, 1.82) is 0 Å². The van der Waals surface area contributed by atoms with Crippen molar-refractivity contribution in [3.63, 3.8) is 0 Å². The highest BCUT2D eigenvalue weighted by Crippen LogP contribution is 2.30. The van der Waals surface area contributed by atoms with E-state index in [0.29, 0.717) is 31.5 Å². The number of piperidine rings is 1. The monoisotopic (exact) mass is 436 g/mol. The average molecular weight is 437 g/mol. The molecule has 2 fully saturated rings. The van der Waals surface area contributed by atoms with Crippen molar-refractivity contribution in [2.24, 2.45) is 0 Å². The number of nitrogens with one attached hydrogen (secondary N) is 1. The van der Waals surface area contributed by atoms with Crippen LogP contribution in [-0.2, 0) is 19.6 Å². The molecule has 2 aliphatic rings. The lowest BCUT2D eigenvalue weighted by molar-refractivity contribution is -0.148. The van der Waals surface area contributed by atoms with E-state index in [2.05, 4.69) is 5.32 Å². The van der Waals surface area contributed by atoms with E-state index in [0.717, 1.165) is 44.9 Å². The van der Waals surface area contributed by atoms with E-state index in [1.54, 1.807) is 19.1 Å². The van der Waals surface area contributed by atoms with E-state index in [1.807, 2.05) is 0 Å². The second-order valence-electron chi connectivity index (χ2n) is 8.38. The molecular weight excluding hydrogens is 404 g/mol. The summed E-state index contributed by atoms with van der Waals surface area (Å²) in [6.07, 6.45) is 7.46. The van der Waals surface area contributed by atoms with E-state index in [1.165, 1.54) is 17.5 Å². The molecule has 1 saturated heterocycles. The molecular formula is C22H32N2O5S. The highest BCUT2D eigenvalue weighted by atomic mass is 32.2. The van der Waals surface area contributed by atoms with Gasteiger partial charge >= 0.3 is 5.97 Å². The molecule has 3 rings (SSSR count). The van der Waals surface area contributed by atoms with Gasteiger partial charge < -0.3 is 10.1 Å². The Kier molecular flexibility index (Phi) is 7.18. The van der Waals surface area contributed by atoms with Gasteiger partial charge in [0, 0.05) is 18.7 Å². The van der Waals surface area contributed by atoms with E-state index >= 15 is 0 Å². The third-order valence-corrected chi connectivity index (χ3v) is 8.19. The van der Waals surface area contributed by atoms with Crippen LogP contribution in [0, 0.1) is 6.92 Å². The summed E-state index contributed by atoms with van der Waals surface area (Å²) in [6.45, 7) is 2.77. The van der Waals surface area contributed by atoms with E-state index in [9.17, 15) is 18.0 Å². The van der Waals surface area contributed by atoms with Crippen LogP contribution in [0.1, 0.15) is 73.7 Å². The van der Waals surface area contributed by atoms with Crippen LogP contribution in [0.15, 0.2) is 23.1 Å². The molecule has 0 bridgehead atoms. The number of nitrogens with zero attached hydrogens (tertiary/aromatic N) is 1. The molecule has 1 aliphatic carbocycles. The highest BCUT2D eigenvalue weighted by molar-refractivity contribution is 7.89. The first kappa shape index (κ1) is 22.7. The summed E-state index contributed by atoms with van der Waals surface area (Å²) in [5.41, 5.74) is -0.115. The summed E-state index contributed by atoms with van der Waals surface area (Å²) in [5.74, 6) is -0.872. The maximum absolute atomic E-state index is 13.2. The molecule has 166 valence electrons. The van der Waals surface area contributed by atoms with Crippen molar-refractivity contribution >= 4 is 21.9 Å². The SMILES string of the molecule is COC(=O)C1(NC(=O)c2cc(S(=O)(=O)N3CCCCC3)ccc2C)CCCCCC1. The minimum atomic E-state index is -3.65. The molecule has 1 N–H and O–H groups in total. The first-order valence-electron chi connectivity index (χ1n) is 10.8. The molecule has 30 heavy (non-hydrogen) atoms. The zero-order valence-corrected chi connectivity index (χ0v) is 18.7. The maximum atomic E-state index is 13.2. The zero-order chi connectivity index (χ0) is 21.8. The van der Waals surface area contributed by atoms with Gasteiger partial charge in [-0.05, 0) is 50.3 Å². The van der Waals surface area contributed by atoms with E-state index < -0.39 is 27.4 Å². The number of hydrogen-bond donors (Lipinski definition) is 1. The number of sulfonamides is 1. The third-order valence-electron chi connectivity index (χ3n) is 6.29. The molecule has 1 aromatic rings. The summed E-state index contributed by atoms with van der Waals surface area (Å²) in [7, 11) is -2.32. The van der Waals surface area contributed by atoms with Crippen LogP contribution in [-0.4, -0.2) is 50.3 Å². The maximum Gasteiger partial charge on any atom is 0.331 e. The molecule has 1 amide bonds. The van der Waals surface area contributed by atoms with Crippen LogP contribution in [0.3, 0.4) is 0 Å². The largest absolute Gasteiger partial charge is 0.467 e. The van der Waals surface area contributed by atoms with Gasteiger partial charge in [0.15, 0.2) is 0 Å². The number of hydrogen-bond acceptors (Lipinski definition) is 5. The number of ether oxygens (including phenoxy) is 1. The Labute approximate surface area is 179 Å². The fourth-order valence-corrected chi connectivity index (χ4v) is 6.00. The Morgan fingerprint density at radius 1 is 1.00 bits per heavy atom. The third kappa shape index (κ3) is 4.70. The molecule has 1 saturated carbocycles. The Morgan fingerprint density at radius 2 is 1.60 bits per heavy atom. The number of carbonyl (C=O) groups is 2. The first-order chi connectivity index (χ1) is 14.3. The Hall–Kier alpha value is -1.93. The summed E-state index contributed by atoms with van der Waals surface area (Å²) >= 11 is 0. The molecule has 8 heteroatoms. The number of benzene rings is 1. The van der Waals surface area contributed by atoms with Gasteiger partial charge in [0.05, 0.1) is 12.0 Å². The van der Waals surface area contributed by atoms with Gasteiger partial charge in [0.2, 0.25) is 10.0 Å². The lowest BCUT2D eigenvalue weighted by atomic mass is 9.89. The number of carbonyl (C=O) groups excluding carboxylic acids is 2. The van der Waals surface area contributed by atoms with Crippen molar-refractivity contribution in [1.82, 2.24) is 9.62 Å². The van der Waals surface area contributed by atoms with Crippen molar-refractivity contribution < 1.29 is 22.7 Å². The number of rotatable bonds is 5. The van der Waals surface area contributed by atoms with Crippen LogP contribution in [0.2, 0.25) is 0 Å². The second-order valence-corrected chi connectivity index (χ2v) is 10.3. The van der Waals surface area contributed by atoms with Gasteiger partial charge in [-0.25, -0.2) is 13.2 Å². The fourth-order valence-electron chi connectivity index (χ4n) is 4.45. The molecule has 1 heterocycles. The summed E-state index contributed by atoms with van der Waals surface area (Å²) in [6, 6.07) is 4.65. The number of esters is 1. The lowest BCUT2D eigenvalue weighted by Gasteiger charge is -2.31. The fraction of sp³-hybridized carbons (Fsp3) is 0.636. The number of methoxy groups -OCH3 is 1. The van der Waals surface area contributed by atoms with Crippen LogP contribution in [0.25, 0.3) is 0 Å². The van der Waals surface area contributed by atoms with E-state index in [-0.39, 0.29) is 10.5 Å². The lowest BCUT2D eigenvalue weighted by Crippen LogP contribution is -2.55. The summed E-state index contributed by atoms with van der Waals surface area (Å²) in [4.78, 5) is 25.9. The topological polar surface area (TPSA) is 92.8 Å². The predicted molar refractivity (Wildman–Crippen MR) is 114 cm³/mol. The Balaban J connectivity index is 1.90. The Morgan fingerprint density at radius 3 is 2.20 bits per heavy atom. The summed E-state index contributed by atoms with van der Waals surface area (Å²) in [5, 5.41) is 2.92. The zero-order valence-electron chi connectivity index (χ0n) is 17.9. The van der Waals surface area contributed by atoms with Crippen molar-refractivity contribution in [3.8, 4) is 0 Å². The standard InChI is InChI=1S/C22H32N2O5S/c1-17-10-11-18(30(27,28)24-14-8-5-9-15-24)16-19(17)20(25)23-22(21(26)29-2)12-6-3-4-7-13-22/h10-11,16H,3-9,12-15H2,1-2H3,(H,23,25). The van der Waals surface area contributed by atoms with Crippen molar-refractivity contribution in [2.75, 3.05) is 20.2 Å². The number of amides is 1. The minimum Gasteiger partial charge on any atom is -0.467 e. The molecule has 0 aromatic heterocycles. The molecule has 0 atom stereocenters. The van der Waals surface area contributed by atoms with Gasteiger partial charge in [-0.3, -0.25) is 4.79 Å². The highest BCUT2D eigenvalue weighted by Gasteiger charge is 2.41. The van der Waals surface area contributed by atoms with Crippen molar-refractivity contribution in [2.45, 2.75) is 75.1 Å². The van der Waals surface area contributed by atoms with Gasteiger partial charge in [0.25, 0.3) is 5.91 Å². The van der Waals surface area contributed by atoms with Crippen LogP contribution in [0.5, 0.6) is 0 Å². The molecule has 0 spiro atoms. The first-order valence-corrected chi connectivity index (χ1v) is 12.3. The molecule has 0 radical (unpaired) electrons. The van der Waals surface area contributed by atoms with Gasteiger partial charge in [-0.15, -0.1) is 0 Å². The molecule has 1 aliphatic heterocycles. The normalized spacial score (nSPS) is 20.2. The quantitative estimate of drug-likeness (QED) is 0.565. The second kappa shape index (κ2) is 9.47. The summed E-state index contributed by atoms with van der Waals surface area (Å²) < 4.78 is 32.6. The molecule has 1 aromatic carbocycles. The Bertz CT molecular complexity index is 883. The smallest absolute Gasteiger partial charge is 0.331 e. The predicted octanol–water partition coefficient (Wildman–Crippen LogP) is 3.17. The average Bonchev–Trinajstić information content (AvgIpc) is 3.00. The van der Waals surface area contributed by atoms with Gasteiger partial charge in [0.1, 0.15) is 5.54 Å². The molecule has 7 nitrogen and oxygen atoms in total. The van der Waals surface area contributed by atoms with Crippen LogP contribution < -0.4 is 5.32 Å².